The first-order valence-electron chi connectivity index (χ1n) is 9.17. The highest BCUT2D eigenvalue weighted by Crippen LogP contribution is 2.29. The van der Waals surface area contributed by atoms with Crippen LogP contribution in [-0.2, 0) is 4.79 Å². The van der Waals surface area contributed by atoms with Gasteiger partial charge in [0.25, 0.3) is 5.91 Å². The number of hydrogen-bond donors (Lipinski definition) is 1. The number of likely N-dealkylation sites (tertiary alicyclic amines) is 1. The third-order valence-corrected chi connectivity index (χ3v) is 5.10. The zero-order valence-electron chi connectivity index (χ0n) is 15.9. The summed E-state index contributed by atoms with van der Waals surface area (Å²) in [7, 11) is 3.78. The van der Waals surface area contributed by atoms with Gasteiger partial charge in [-0.2, -0.15) is 0 Å². The van der Waals surface area contributed by atoms with E-state index in [0.29, 0.717) is 35.8 Å². The van der Waals surface area contributed by atoms with Crippen LogP contribution < -0.4 is 10.2 Å². The van der Waals surface area contributed by atoms with E-state index in [9.17, 15) is 14.0 Å². The Bertz CT molecular complexity index is 870. The van der Waals surface area contributed by atoms with Crippen molar-refractivity contribution in [3.8, 4) is 0 Å². The zero-order chi connectivity index (χ0) is 20.3. The van der Waals surface area contributed by atoms with Crippen molar-refractivity contribution in [3.63, 3.8) is 0 Å². The Morgan fingerprint density at radius 3 is 2.57 bits per heavy atom. The van der Waals surface area contributed by atoms with Crippen molar-refractivity contribution >= 4 is 34.8 Å². The van der Waals surface area contributed by atoms with E-state index >= 15 is 0 Å². The number of anilines is 2. The largest absolute Gasteiger partial charge is 0.376 e. The van der Waals surface area contributed by atoms with Gasteiger partial charge < -0.3 is 15.1 Å². The molecule has 0 bridgehead atoms. The molecule has 5 nitrogen and oxygen atoms in total. The number of halogens is 2. The summed E-state index contributed by atoms with van der Waals surface area (Å²) in [5, 5.41) is 3.50. The summed E-state index contributed by atoms with van der Waals surface area (Å²) >= 11 is 6.09. The van der Waals surface area contributed by atoms with Gasteiger partial charge >= 0.3 is 0 Å². The Morgan fingerprint density at radius 2 is 1.89 bits per heavy atom. The van der Waals surface area contributed by atoms with Gasteiger partial charge in [-0.05, 0) is 55.3 Å². The monoisotopic (exact) mass is 403 g/mol. The van der Waals surface area contributed by atoms with E-state index in [0.717, 1.165) is 12.1 Å². The summed E-state index contributed by atoms with van der Waals surface area (Å²) in [6, 6.07) is 10.8. The number of nitrogens with one attached hydrogen (secondary N) is 1. The first-order chi connectivity index (χ1) is 13.3. The average Bonchev–Trinajstić information content (AvgIpc) is 2.68. The molecule has 148 valence electrons. The summed E-state index contributed by atoms with van der Waals surface area (Å²) in [5.41, 5.74) is 1.92. The lowest BCUT2D eigenvalue weighted by Gasteiger charge is -2.32. The van der Waals surface area contributed by atoms with Crippen LogP contribution >= 0.6 is 11.6 Å². The number of hydrogen-bond acceptors (Lipinski definition) is 3. The fourth-order valence-corrected chi connectivity index (χ4v) is 3.56. The summed E-state index contributed by atoms with van der Waals surface area (Å²) in [5.74, 6) is -1.02. The Labute approximate surface area is 169 Å². The van der Waals surface area contributed by atoms with Crippen LogP contribution in [0.3, 0.4) is 0 Å². The van der Waals surface area contributed by atoms with Crippen LogP contribution in [0.2, 0.25) is 5.02 Å². The van der Waals surface area contributed by atoms with E-state index in [4.69, 9.17) is 11.6 Å². The standard InChI is InChI=1S/C21H23ClFN3O2/c1-25(2)19-10-7-16(22)12-18(19)24-20(27)15-4-3-11-26(13-15)21(28)14-5-8-17(23)9-6-14/h5-10,12,15H,3-4,11,13H2,1-2H3,(H,24,27). The van der Waals surface area contributed by atoms with Crippen molar-refractivity contribution < 1.29 is 14.0 Å². The first kappa shape index (κ1) is 20.1. The highest BCUT2D eigenvalue weighted by Gasteiger charge is 2.29. The van der Waals surface area contributed by atoms with Crippen LogP contribution in [0.25, 0.3) is 0 Å². The lowest BCUT2D eigenvalue weighted by molar-refractivity contribution is -0.121. The molecule has 1 fully saturated rings. The van der Waals surface area contributed by atoms with Crippen LogP contribution in [0.4, 0.5) is 15.8 Å². The number of nitrogens with zero attached hydrogens (tertiary/aromatic N) is 2. The molecule has 7 heteroatoms. The molecule has 0 aromatic heterocycles. The second kappa shape index (κ2) is 8.61. The van der Waals surface area contributed by atoms with Crippen LogP contribution in [0.1, 0.15) is 23.2 Å². The maximum Gasteiger partial charge on any atom is 0.253 e. The molecule has 0 spiro atoms. The van der Waals surface area contributed by atoms with E-state index in [1.165, 1.54) is 24.3 Å². The topological polar surface area (TPSA) is 52.7 Å². The van der Waals surface area contributed by atoms with Crippen molar-refractivity contribution in [1.82, 2.24) is 4.90 Å². The maximum absolute atomic E-state index is 13.1. The highest BCUT2D eigenvalue weighted by atomic mass is 35.5. The highest BCUT2D eigenvalue weighted by molar-refractivity contribution is 6.31. The molecule has 0 aliphatic carbocycles. The van der Waals surface area contributed by atoms with Crippen molar-refractivity contribution in [2.24, 2.45) is 5.92 Å². The smallest absolute Gasteiger partial charge is 0.253 e. The quantitative estimate of drug-likeness (QED) is 0.838. The van der Waals surface area contributed by atoms with Crippen LogP contribution in [-0.4, -0.2) is 43.9 Å². The molecular formula is C21H23ClFN3O2. The van der Waals surface area contributed by atoms with Gasteiger partial charge in [-0.3, -0.25) is 9.59 Å². The van der Waals surface area contributed by atoms with Gasteiger partial charge in [0.2, 0.25) is 5.91 Å². The minimum absolute atomic E-state index is 0.137. The number of rotatable bonds is 4. The van der Waals surface area contributed by atoms with Crippen molar-refractivity contribution in [2.75, 3.05) is 37.4 Å². The second-order valence-electron chi connectivity index (χ2n) is 7.14. The van der Waals surface area contributed by atoms with Gasteiger partial charge in [-0.25, -0.2) is 4.39 Å². The van der Waals surface area contributed by atoms with Crippen LogP contribution in [0.15, 0.2) is 42.5 Å². The molecule has 1 saturated heterocycles. The lowest BCUT2D eigenvalue weighted by Crippen LogP contribution is -2.43. The van der Waals surface area contributed by atoms with Gasteiger partial charge in [0.1, 0.15) is 5.82 Å². The first-order valence-corrected chi connectivity index (χ1v) is 9.55. The van der Waals surface area contributed by atoms with Gasteiger partial charge in [0.05, 0.1) is 17.3 Å². The molecule has 28 heavy (non-hydrogen) atoms. The van der Waals surface area contributed by atoms with Gasteiger partial charge in [-0.1, -0.05) is 11.6 Å². The van der Waals surface area contributed by atoms with E-state index in [2.05, 4.69) is 5.32 Å². The third-order valence-electron chi connectivity index (χ3n) is 4.87. The van der Waals surface area contributed by atoms with Crippen molar-refractivity contribution in [1.29, 1.82) is 0 Å². The second-order valence-corrected chi connectivity index (χ2v) is 7.58. The molecule has 2 aromatic carbocycles. The Balaban J connectivity index is 1.70. The molecule has 1 aliphatic rings. The number of amides is 2. The van der Waals surface area contributed by atoms with E-state index < -0.39 is 0 Å². The van der Waals surface area contributed by atoms with E-state index in [1.807, 2.05) is 25.1 Å². The van der Waals surface area contributed by atoms with E-state index in [-0.39, 0.29) is 23.5 Å². The third kappa shape index (κ3) is 4.62. The SMILES string of the molecule is CN(C)c1ccc(Cl)cc1NC(=O)C1CCCN(C(=O)c2ccc(F)cc2)C1. The fourth-order valence-electron chi connectivity index (χ4n) is 3.38. The molecule has 1 unspecified atom stereocenters. The maximum atomic E-state index is 13.1. The number of carbonyl (C=O) groups is 2. The molecule has 1 heterocycles. The Kier molecular flexibility index (Phi) is 6.19. The Hall–Kier alpha value is -2.60. The van der Waals surface area contributed by atoms with Crippen molar-refractivity contribution in [2.45, 2.75) is 12.8 Å². The molecule has 0 radical (unpaired) electrons. The summed E-state index contributed by atoms with van der Waals surface area (Å²) in [6.07, 6.45) is 1.44. The van der Waals surface area contributed by atoms with Gasteiger partial charge in [-0.15, -0.1) is 0 Å². The van der Waals surface area contributed by atoms with Crippen LogP contribution in [0.5, 0.6) is 0 Å². The number of carbonyl (C=O) groups excluding carboxylic acids is 2. The molecule has 1 N–H and O–H groups in total. The predicted octanol–water partition coefficient (Wildman–Crippen LogP) is 4.04. The minimum Gasteiger partial charge on any atom is -0.376 e. The van der Waals surface area contributed by atoms with Crippen molar-refractivity contribution in [3.05, 3.63) is 58.9 Å². The molecule has 0 saturated carbocycles. The van der Waals surface area contributed by atoms with E-state index in [1.54, 1.807) is 17.0 Å². The number of benzene rings is 2. The predicted molar refractivity (Wildman–Crippen MR) is 109 cm³/mol. The fraction of sp³-hybridized carbons (Fsp3) is 0.333. The molecule has 2 aromatic rings. The van der Waals surface area contributed by atoms with Gasteiger partial charge in [0, 0.05) is 37.8 Å². The Morgan fingerprint density at radius 1 is 1.18 bits per heavy atom. The molecule has 1 atom stereocenters. The summed E-state index contributed by atoms with van der Waals surface area (Å²) in [4.78, 5) is 29.1. The van der Waals surface area contributed by atoms with Crippen LogP contribution in [0, 0.1) is 11.7 Å². The summed E-state index contributed by atoms with van der Waals surface area (Å²) in [6.45, 7) is 0.917. The molecule has 2 amide bonds. The summed E-state index contributed by atoms with van der Waals surface area (Å²) < 4.78 is 13.1. The number of piperidine rings is 1. The zero-order valence-corrected chi connectivity index (χ0v) is 16.7. The lowest BCUT2D eigenvalue weighted by atomic mass is 9.96. The normalized spacial score (nSPS) is 16.6. The minimum atomic E-state index is -0.384. The molecule has 3 rings (SSSR count). The molecular weight excluding hydrogens is 381 g/mol. The average molecular weight is 404 g/mol. The molecule has 1 aliphatic heterocycles. The van der Waals surface area contributed by atoms with Gasteiger partial charge in [0.15, 0.2) is 0 Å².